The summed E-state index contributed by atoms with van der Waals surface area (Å²) < 4.78 is 1.80. The van der Waals surface area contributed by atoms with E-state index in [2.05, 4.69) is 27.3 Å². The van der Waals surface area contributed by atoms with Gasteiger partial charge in [0.1, 0.15) is 10.0 Å². The predicted octanol–water partition coefficient (Wildman–Crippen LogP) is 2.41. The number of nitrogen functional groups attached to an aromatic ring is 1. The number of rotatable bonds is 3. The number of carbonyl (C=O) groups is 1. The topological polar surface area (TPSA) is 89.1 Å². The molecule has 1 amide bonds. The van der Waals surface area contributed by atoms with Crippen molar-refractivity contribution in [1.82, 2.24) is 25.0 Å². The number of amides is 1. The van der Waals surface area contributed by atoms with Crippen LogP contribution < -0.4 is 11.1 Å². The minimum Gasteiger partial charge on any atom is -0.389 e. The quantitative estimate of drug-likeness (QED) is 0.724. The van der Waals surface area contributed by atoms with Crippen LogP contribution >= 0.6 is 11.3 Å². The van der Waals surface area contributed by atoms with Crippen molar-refractivity contribution in [1.29, 1.82) is 0 Å². The number of anilines is 1. The van der Waals surface area contributed by atoms with Gasteiger partial charge in [0.2, 0.25) is 0 Å². The molecule has 0 unspecified atom stereocenters. The fraction of sp³-hybridized carbons (Fsp3) is 0.421. The van der Waals surface area contributed by atoms with Crippen LogP contribution in [0.2, 0.25) is 0 Å². The van der Waals surface area contributed by atoms with E-state index in [1.165, 1.54) is 11.3 Å². The van der Waals surface area contributed by atoms with E-state index in [0.29, 0.717) is 10.7 Å². The van der Waals surface area contributed by atoms with Crippen LogP contribution in [0.4, 0.5) is 5.00 Å². The summed E-state index contributed by atoms with van der Waals surface area (Å²) in [6.07, 6.45) is 3.89. The summed E-state index contributed by atoms with van der Waals surface area (Å²) >= 11 is 1.35. The smallest absolute Gasteiger partial charge is 0.273 e. The molecule has 27 heavy (non-hydrogen) atoms. The van der Waals surface area contributed by atoms with Crippen LogP contribution in [0.15, 0.2) is 18.3 Å². The molecule has 4 rings (SSSR count). The largest absolute Gasteiger partial charge is 0.389 e. The second-order valence-corrected chi connectivity index (χ2v) is 8.35. The van der Waals surface area contributed by atoms with Gasteiger partial charge in [-0.25, -0.2) is 4.98 Å². The standard InChI is InChI=1S/C19H24N6OS/c1-11-8-12(9-13-10-25(3)23-15(11)13)19-22-16(17(20)27-19)18(26)21-14-4-6-24(2)7-5-14/h8-10,14H,4-7,20H2,1-3H3,(H,21,26). The highest BCUT2D eigenvalue weighted by atomic mass is 32.1. The third-order valence-corrected chi connectivity index (χ3v) is 6.02. The first-order chi connectivity index (χ1) is 12.9. The first-order valence-corrected chi connectivity index (χ1v) is 9.92. The van der Waals surface area contributed by atoms with E-state index in [4.69, 9.17) is 5.73 Å². The van der Waals surface area contributed by atoms with Crippen molar-refractivity contribution in [2.24, 2.45) is 7.05 Å². The molecular formula is C19H24N6OS. The van der Waals surface area contributed by atoms with Gasteiger partial charge in [-0.2, -0.15) is 5.10 Å². The van der Waals surface area contributed by atoms with Crippen LogP contribution in [-0.2, 0) is 7.05 Å². The van der Waals surface area contributed by atoms with E-state index in [0.717, 1.165) is 53.0 Å². The van der Waals surface area contributed by atoms with Crippen molar-refractivity contribution in [3.05, 3.63) is 29.6 Å². The van der Waals surface area contributed by atoms with Gasteiger partial charge in [-0.05, 0) is 57.6 Å². The van der Waals surface area contributed by atoms with E-state index < -0.39 is 0 Å². The Labute approximate surface area is 162 Å². The molecule has 1 saturated heterocycles. The van der Waals surface area contributed by atoms with Gasteiger partial charge in [0.25, 0.3) is 5.91 Å². The highest BCUT2D eigenvalue weighted by molar-refractivity contribution is 7.19. The molecule has 0 aliphatic carbocycles. The molecule has 7 nitrogen and oxygen atoms in total. The summed E-state index contributed by atoms with van der Waals surface area (Å²) in [5.41, 5.74) is 9.48. The fourth-order valence-corrected chi connectivity index (χ4v) is 4.39. The van der Waals surface area contributed by atoms with E-state index in [-0.39, 0.29) is 11.9 Å². The van der Waals surface area contributed by atoms with E-state index in [9.17, 15) is 4.79 Å². The van der Waals surface area contributed by atoms with Crippen LogP contribution in [0.1, 0.15) is 28.9 Å². The fourth-order valence-electron chi connectivity index (χ4n) is 3.58. The Hall–Kier alpha value is -2.45. The van der Waals surface area contributed by atoms with E-state index >= 15 is 0 Å². The zero-order valence-corrected chi connectivity index (χ0v) is 16.6. The molecule has 2 aromatic heterocycles. The van der Waals surface area contributed by atoms with Gasteiger partial charge in [-0.3, -0.25) is 9.48 Å². The number of likely N-dealkylation sites (tertiary alicyclic amines) is 1. The van der Waals surface area contributed by atoms with Gasteiger partial charge in [-0.15, -0.1) is 0 Å². The summed E-state index contributed by atoms with van der Waals surface area (Å²) in [4.78, 5) is 19.5. The van der Waals surface area contributed by atoms with E-state index in [1.54, 1.807) is 4.68 Å². The molecule has 3 N–H and O–H groups in total. The van der Waals surface area contributed by atoms with Gasteiger partial charge >= 0.3 is 0 Å². The number of carbonyl (C=O) groups excluding carboxylic acids is 1. The van der Waals surface area contributed by atoms with Gasteiger partial charge in [0.15, 0.2) is 5.69 Å². The second-order valence-electron chi connectivity index (χ2n) is 7.32. The van der Waals surface area contributed by atoms with Crippen molar-refractivity contribution in [3.8, 4) is 10.6 Å². The van der Waals surface area contributed by atoms with Crippen molar-refractivity contribution in [3.63, 3.8) is 0 Å². The lowest BCUT2D eigenvalue weighted by Crippen LogP contribution is -2.43. The summed E-state index contributed by atoms with van der Waals surface area (Å²) in [7, 11) is 4.01. The number of thiazole rings is 1. The van der Waals surface area contributed by atoms with Crippen LogP contribution in [-0.4, -0.2) is 51.8 Å². The third-order valence-electron chi connectivity index (χ3n) is 5.08. The summed E-state index contributed by atoms with van der Waals surface area (Å²) in [5.74, 6) is -0.177. The highest BCUT2D eigenvalue weighted by Gasteiger charge is 2.23. The molecule has 1 aliphatic heterocycles. The Morgan fingerprint density at radius 3 is 2.78 bits per heavy atom. The molecule has 0 spiro atoms. The molecule has 8 heteroatoms. The Kier molecular flexibility index (Phi) is 4.61. The summed E-state index contributed by atoms with van der Waals surface area (Å²) in [5, 5.41) is 9.84. The maximum atomic E-state index is 12.7. The van der Waals surface area contributed by atoms with Crippen LogP contribution in [0.3, 0.4) is 0 Å². The summed E-state index contributed by atoms with van der Waals surface area (Å²) in [6.45, 7) is 4.02. The average molecular weight is 385 g/mol. The minimum atomic E-state index is -0.177. The van der Waals surface area contributed by atoms with Crippen molar-refractivity contribution < 1.29 is 4.79 Å². The Balaban J connectivity index is 1.58. The number of nitrogens with two attached hydrogens (primary N) is 1. The Morgan fingerprint density at radius 1 is 1.30 bits per heavy atom. The van der Waals surface area contributed by atoms with E-state index in [1.807, 2.05) is 32.3 Å². The third kappa shape index (κ3) is 3.54. The minimum absolute atomic E-state index is 0.177. The number of nitrogens with zero attached hydrogens (tertiary/aromatic N) is 4. The number of hydrogen-bond donors (Lipinski definition) is 2. The molecule has 0 radical (unpaired) electrons. The maximum absolute atomic E-state index is 12.7. The average Bonchev–Trinajstić information content (AvgIpc) is 3.19. The maximum Gasteiger partial charge on any atom is 0.273 e. The van der Waals surface area contributed by atoms with Crippen LogP contribution in [0.5, 0.6) is 0 Å². The molecule has 142 valence electrons. The highest BCUT2D eigenvalue weighted by Crippen LogP contribution is 2.33. The van der Waals surface area contributed by atoms with Crippen molar-refractivity contribution >= 4 is 33.1 Å². The molecule has 0 bridgehead atoms. The molecular weight excluding hydrogens is 360 g/mol. The monoisotopic (exact) mass is 384 g/mol. The lowest BCUT2D eigenvalue weighted by molar-refractivity contribution is 0.0913. The predicted molar refractivity (Wildman–Crippen MR) is 109 cm³/mol. The van der Waals surface area contributed by atoms with Gasteiger partial charge in [0, 0.05) is 30.2 Å². The molecule has 3 heterocycles. The first kappa shape index (κ1) is 17.9. The molecule has 1 fully saturated rings. The molecule has 1 aromatic carbocycles. The molecule has 0 atom stereocenters. The first-order valence-electron chi connectivity index (χ1n) is 9.11. The van der Waals surface area contributed by atoms with Crippen molar-refractivity contribution in [2.45, 2.75) is 25.8 Å². The number of nitrogens with one attached hydrogen (secondary N) is 1. The zero-order chi connectivity index (χ0) is 19.1. The molecule has 1 aliphatic rings. The normalized spacial score (nSPS) is 16.1. The number of aromatic nitrogens is 3. The van der Waals surface area contributed by atoms with Crippen LogP contribution in [0.25, 0.3) is 21.5 Å². The Bertz CT molecular complexity index is 999. The molecule has 0 saturated carbocycles. The molecule has 3 aromatic rings. The van der Waals surface area contributed by atoms with Crippen molar-refractivity contribution in [2.75, 3.05) is 25.9 Å². The number of piperidine rings is 1. The second kappa shape index (κ2) is 6.94. The summed E-state index contributed by atoms with van der Waals surface area (Å²) in [6, 6.07) is 4.28. The van der Waals surface area contributed by atoms with Gasteiger partial charge in [0.05, 0.1) is 5.52 Å². The van der Waals surface area contributed by atoms with Crippen LogP contribution in [0, 0.1) is 6.92 Å². The van der Waals surface area contributed by atoms with Gasteiger partial charge in [-0.1, -0.05) is 11.3 Å². The SMILES string of the molecule is Cc1cc(-c2nc(C(=O)NC3CCN(C)CC3)c(N)s2)cc2cn(C)nc12. The number of hydrogen-bond acceptors (Lipinski definition) is 6. The number of aryl methyl sites for hydroxylation is 2. The number of fused-ring (bicyclic) bond motifs is 1. The van der Waals surface area contributed by atoms with Gasteiger partial charge < -0.3 is 16.0 Å². The Morgan fingerprint density at radius 2 is 2.04 bits per heavy atom. The number of benzene rings is 1. The lowest BCUT2D eigenvalue weighted by atomic mass is 10.1. The zero-order valence-electron chi connectivity index (χ0n) is 15.8. The lowest BCUT2D eigenvalue weighted by Gasteiger charge is -2.29.